The number of benzene rings is 1. The maximum Gasteiger partial charge on any atom is 0.138 e. The number of ether oxygens (including phenoxy) is 1. The highest BCUT2D eigenvalue weighted by Gasteiger charge is 2.10. The van der Waals surface area contributed by atoms with Crippen LogP contribution < -0.4 is 10.1 Å². The van der Waals surface area contributed by atoms with E-state index in [1.54, 1.807) is 18.4 Å². The molecule has 126 valence electrons. The average molecular weight is 341 g/mol. The number of methoxy groups -OCH3 is 1. The second-order valence-electron chi connectivity index (χ2n) is 5.66. The predicted molar refractivity (Wildman–Crippen MR) is 101 cm³/mol. The minimum absolute atomic E-state index is 0.833. The van der Waals surface area contributed by atoms with Crippen molar-refractivity contribution in [3.8, 4) is 5.75 Å². The van der Waals surface area contributed by atoms with E-state index in [0.29, 0.717) is 0 Å². The second-order valence-corrected chi connectivity index (χ2v) is 6.77. The molecule has 0 saturated carbocycles. The average Bonchev–Trinajstić information content (AvgIpc) is 3.05. The summed E-state index contributed by atoms with van der Waals surface area (Å²) < 4.78 is 5.28. The van der Waals surface area contributed by atoms with Crippen LogP contribution in [-0.4, -0.2) is 23.6 Å². The minimum Gasteiger partial charge on any atom is -0.497 e. The summed E-state index contributed by atoms with van der Waals surface area (Å²) in [7, 11) is 1.70. The maximum absolute atomic E-state index is 5.28. The zero-order valence-electron chi connectivity index (χ0n) is 14.4. The Bertz CT molecular complexity index is 829. The zero-order valence-corrected chi connectivity index (χ0v) is 15.2. The van der Waals surface area contributed by atoms with Crippen LogP contribution in [-0.2, 0) is 19.3 Å². The summed E-state index contributed by atoms with van der Waals surface area (Å²) in [5, 5.41) is 4.64. The van der Waals surface area contributed by atoms with Crippen molar-refractivity contribution in [3.63, 3.8) is 0 Å². The molecule has 0 aliphatic carbocycles. The highest BCUT2D eigenvalue weighted by molar-refractivity contribution is 7.18. The van der Waals surface area contributed by atoms with E-state index in [4.69, 9.17) is 9.72 Å². The van der Waals surface area contributed by atoms with Crippen LogP contribution in [0.5, 0.6) is 5.75 Å². The van der Waals surface area contributed by atoms with Gasteiger partial charge in [-0.15, -0.1) is 11.3 Å². The van der Waals surface area contributed by atoms with Crippen LogP contribution in [0.2, 0.25) is 0 Å². The molecule has 0 aliphatic heterocycles. The third-order valence-electron chi connectivity index (χ3n) is 4.00. The number of nitrogens with one attached hydrogen (secondary N) is 1. The molecule has 3 aromatic rings. The number of nitrogens with zero attached hydrogens (tertiary/aromatic N) is 2. The standard InChI is InChI=1S/C19H23N3OS/c1-4-15-12-16-18(21-17(5-2)22-19(16)24-15)20-10-9-13-7-6-8-14(11-13)23-3/h6-8,11-12H,4-5,9-10H2,1-3H3,(H,20,21,22). The van der Waals surface area contributed by atoms with Gasteiger partial charge in [0, 0.05) is 17.8 Å². The van der Waals surface area contributed by atoms with Crippen LogP contribution in [0.1, 0.15) is 30.1 Å². The van der Waals surface area contributed by atoms with Gasteiger partial charge >= 0.3 is 0 Å². The third kappa shape index (κ3) is 3.67. The molecule has 0 bridgehead atoms. The van der Waals surface area contributed by atoms with Crippen molar-refractivity contribution >= 4 is 27.4 Å². The summed E-state index contributed by atoms with van der Waals surface area (Å²) in [5.74, 6) is 2.75. The lowest BCUT2D eigenvalue weighted by atomic mass is 10.1. The molecule has 0 saturated heterocycles. The molecule has 1 N–H and O–H groups in total. The molecule has 2 aromatic heterocycles. The van der Waals surface area contributed by atoms with Crippen LogP contribution in [0.15, 0.2) is 30.3 Å². The molecule has 4 nitrogen and oxygen atoms in total. The van der Waals surface area contributed by atoms with Crippen molar-refractivity contribution in [1.29, 1.82) is 0 Å². The number of rotatable bonds is 7. The minimum atomic E-state index is 0.833. The second kappa shape index (κ2) is 7.62. The van der Waals surface area contributed by atoms with Gasteiger partial charge < -0.3 is 10.1 Å². The molecule has 0 spiro atoms. The van der Waals surface area contributed by atoms with Gasteiger partial charge in [0.25, 0.3) is 0 Å². The lowest BCUT2D eigenvalue weighted by molar-refractivity contribution is 0.414. The first-order valence-corrected chi connectivity index (χ1v) is 9.21. The molecule has 5 heteroatoms. The SMILES string of the molecule is CCc1nc(NCCc2cccc(OC)c2)c2cc(CC)sc2n1. The summed E-state index contributed by atoms with van der Waals surface area (Å²) in [6, 6.07) is 10.4. The third-order valence-corrected chi connectivity index (χ3v) is 5.17. The van der Waals surface area contributed by atoms with E-state index in [1.807, 2.05) is 12.1 Å². The first-order chi connectivity index (χ1) is 11.7. The molecule has 1 aromatic carbocycles. The summed E-state index contributed by atoms with van der Waals surface area (Å²) >= 11 is 1.77. The fourth-order valence-corrected chi connectivity index (χ4v) is 3.62. The molecule has 0 amide bonds. The van der Waals surface area contributed by atoms with E-state index in [9.17, 15) is 0 Å². The topological polar surface area (TPSA) is 47.0 Å². The lowest BCUT2D eigenvalue weighted by Crippen LogP contribution is -2.08. The molecule has 24 heavy (non-hydrogen) atoms. The van der Waals surface area contributed by atoms with E-state index in [-0.39, 0.29) is 0 Å². The van der Waals surface area contributed by atoms with Gasteiger partial charge in [-0.2, -0.15) is 0 Å². The van der Waals surface area contributed by atoms with Crippen molar-refractivity contribution < 1.29 is 4.74 Å². The van der Waals surface area contributed by atoms with Crippen LogP contribution in [0.25, 0.3) is 10.2 Å². The Labute approximate surface area is 146 Å². The van der Waals surface area contributed by atoms with Gasteiger partial charge in [-0.1, -0.05) is 26.0 Å². The Kier molecular flexibility index (Phi) is 5.30. The summed E-state index contributed by atoms with van der Waals surface area (Å²) in [5.41, 5.74) is 1.25. The molecule has 3 rings (SSSR count). The van der Waals surface area contributed by atoms with E-state index < -0.39 is 0 Å². The molecular formula is C19H23N3OS. The van der Waals surface area contributed by atoms with Crippen LogP contribution >= 0.6 is 11.3 Å². The number of fused-ring (bicyclic) bond motifs is 1. The molecule has 2 heterocycles. The summed E-state index contributed by atoms with van der Waals surface area (Å²) in [6.07, 6.45) is 2.81. The summed E-state index contributed by atoms with van der Waals surface area (Å²) in [6.45, 7) is 5.10. The number of thiophene rings is 1. The summed E-state index contributed by atoms with van der Waals surface area (Å²) in [4.78, 5) is 11.8. The molecule has 0 fully saturated rings. The van der Waals surface area contributed by atoms with Crippen molar-refractivity contribution in [2.45, 2.75) is 33.1 Å². The fraction of sp³-hybridized carbons (Fsp3) is 0.368. The number of aryl methyl sites for hydroxylation is 2. The van der Waals surface area contributed by atoms with Gasteiger partial charge in [-0.3, -0.25) is 0 Å². The Morgan fingerprint density at radius 2 is 2.00 bits per heavy atom. The maximum atomic E-state index is 5.28. The van der Waals surface area contributed by atoms with Crippen molar-refractivity contribution in [2.24, 2.45) is 0 Å². The van der Waals surface area contributed by atoms with Crippen LogP contribution in [0.3, 0.4) is 0 Å². The first-order valence-electron chi connectivity index (χ1n) is 8.39. The van der Waals surface area contributed by atoms with Gasteiger partial charge in [-0.25, -0.2) is 9.97 Å². The van der Waals surface area contributed by atoms with Gasteiger partial charge in [0.2, 0.25) is 0 Å². The fourth-order valence-electron chi connectivity index (χ4n) is 2.64. The van der Waals surface area contributed by atoms with Crippen molar-refractivity contribution in [1.82, 2.24) is 9.97 Å². The lowest BCUT2D eigenvalue weighted by Gasteiger charge is -2.09. The molecular weight excluding hydrogens is 318 g/mol. The zero-order chi connectivity index (χ0) is 16.9. The Morgan fingerprint density at radius 3 is 2.75 bits per heavy atom. The predicted octanol–water partition coefficient (Wildman–Crippen LogP) is 4.48. The quantitative estimate of drug-likeness (QED) is 0.688. The van der Waals surface area contributed by atoms with E-state index in [0.717, 1.165) is 53.4 Å². The number of hydrogen-bond acceptors (Lipinski definition) is 5. The Hall–Kier alpha value is -2.14. The van der Waals surface area contributed by atoms with Gasteiger partial charge in [0.15, 0.2) is 0 Å². The molecule has 0 radical (unpaired) electrons. The highest BCUT2D eigenvalue weighted by Crippen LogP contribution is 2.29. The van der Waals surface area contributed by atoms with Gasteiger partial charge in [0.1, 0.15) is 22.2 Å². The van der Waals surface area contributed by atoms with Gasteiger partial charge in [0.05, 0.1) is 12.5 Å². The monoisotopic (exact) mass is 341 g/mol. The molecule has 0 unspecified atom stereocenters. The smallest absolute Gasteiger partial charge is 0.138 e. The number of anilines is 1. The molecule has 0 atom stereocenters. The van der Waals surface area contributed by atoms with Crippen molar-refractivity contribution in [2.75, 3.05) is 19.0 Å². The van der Waals surface area contributed by atoms with E-state index in [2.05, 4.69) is 42.3 Å². The Morgan fingerprint density at radius 1 is 1.12 bits per heavy atom. The van der Waals surface area contributed by atoms with E-state index in [1.165, 1.54) is 10.4 Å². The number of aromatic nitrogens is 2. The Balaban J connectivity index is 1.77. The first kappa shape index (κ1) is 16.7. The highest BCUT2D eigenvalue weighted by atomic mass is 32.1. The van der Waals surface area contributed by atoms with Crippen LogP contribution in [0, 0.1) is 0 Å². The van der Waals surface area contributed by atoms with E-state index >= 15 is 0 Å². The van der Waals surface area contributed by atoms with Crippen molar-refractivity contribution in [3.05, 3.63) is 46.6 Å². The van der Waals surface area contributed by atoms with Crippen LogP contribution in [0.4, 0.5) is 5.82 Å². The largest absolute Gasteiger partial charge is 0.497 e. The molecule has 0 aliphatic rings. The van der Waals surface area contributed by atoms with Gasteiger partial charge in [-0.05, 0) is 36.6 Å². The normalized spacial score (nSPS) is 11.0. The number of hydrogen-bond donors (Lipinski definition) is 1.